The number of hydrogen-bond donors (Lipinski definition) is 2. The van der Waals surface area contributed by atoms with Crippen molar-refractivity contribution in [2.75, 3.05) is 11.1 Å². The fraction of sp³-hybridized carbons (Fsp3) is 0.467. The van der Waals surface area contributed by atoms with Gasteiger partial charge < -0.3 is 5.32 Å². The van der Waals surface area contributed by atoms with Crippen molar-refractivity contribution in [1.29, 1.82) is 5.26 Å². The Bertz CT molecular complexity index is 475. The molecule has 0 atom stereocenters. The molecule has 1 fully saturated rings. The van der Waals surface area contributed by atoms with Crippen molar-refractivity contribution >= 4 is 23.7 Å². The van der Waals surface area contributed by atoms with Crippen LogP contribution in [0.3, 0.4) is 0 Å². The summed E-state index contributed by atoms with van der Waals surface area (Å²) in [5, 5.41) is 11.4. The van der Waals surface area contributed by atoms with Crippen molar-refractivity contribution in [3.8, 4) is 6.07 Å². The van der Waals surface area contributed by atoms with Crippen LogP contribution in [0.25, 0.3) is 0 Å². The molecule has 1 saturated carbocycles. The molecule has 0 spiro atoms. The summed E-state index contributed by atoms with van der Waals surface area (Å²) in [5.74, 6) is 1.73. The number of carbonyl (C=O) groups excluding carboxylic acids is 1. The highest BCUT2D eigenvalue weighted by Crippen LogP contribution is 2.25. The molecule has 0 aliphatic heterocycles. The molecular formula is C15H19N3OS. The third kappa shape index (κ3) is 4.78. The van der Waals surface area contributed by atoms with E-state index in [1.165, 1.54) is 44.1 Å². The number of hydrogen-bond acceptors (Lipinski definition) is 3. The van der Waals surface area contributed by atoms with Gasteiger partial charge in [0.15, 0.2) is 0 Å². The van der Waals surface area contributed by atoms with Gasteiger partial charge in [0.05, 0.1) is 11.6 Å². The molecule has 2 rings (SSSR count). The number of urea groups is 1. The molecule has 0 heterocycles. The number of nitrogens with one attached hydrogen (secondary N) is 2. The minimum atomic E-state index is -0.212. The van der Waals surface area contributed by atoms with Gasteiger partial charge in [0, 0.05) is 11.4 Å². The number of nitrogens with zero attached hydrogens (tertiary/aromatic N) is 1. The monoisotopic (exact) mass is 289 g/mol. The molecule has 4 nitrogen and oxygen atoms in total. The molecule has 1 aliphatic rings. The summed E-state index contributed by atoms with van der Waals surface area (Å²) in [4.78, 5) is 11.7. The summed E-state index contributed by atoms with van der Waals surface area (Å²) < 4.78 is 2.81. The third-order valence-corrected chi connectivity index (χ3v) is 4.45. The van der Waals surface area contributed by atoms with Gasteiger partial charge in [0.2, 0.25) is 0 Å². The molecule has 106 valence electrons. The maximum atomic E-state index is 11.7. The summed E-state index contributed by atoms with van der Waals surface area (Å²) >= 11 is 1.48. The van der Waals surface area contributed by atoms with Crippen molar-refractivity contribution in [3.05, 3.63) is 29.8 Å². The molecule has 0 aromatic heterocycles. The topological polar surface area (TPSA) is 64.9 Å². The van der Waals surface area contributed by atoms with E-state index < -0.39 is 0 Å². The molecule has 0 bridgehead atoms. The predicted octanol–water partition coefficient (Wildman–Crippen LogP) is 3.91. The minimum Gasteiger partial charge on any atom is -0.307 e. The number of amides is 2. The number of nitriles is 1. The van der Waals surface area contributed by atoms with E-state index in [2.05, 4.69) is 10.0 Å². The normalized spacial score (nSPS) is 15.3. The highest BCUT2D eigenvalue weighted by molar-refractivity contribution is 7.97. The lowest BCUT2D eigenvalue weighted by Crippen LogP contribution is -2.24. The Labute approximate surface area is 124 Å². The lowest BCUT2D eigenvalue weighted by Gasteiger charge is -2.20. The highest BCUT2D eigenvalue weighted by Gasteiger charge is 2.13. The maximum absolute atomic E-state index is 11.7. The summed E-state index contributed by atoms with van der Waals surface area (Å²) in [7, 11) is 0. The molecule has 0 unspecified atom stereocenters. The van der Waals surface area contributed by atoms with Crippen LogP contribution in [-0.2, 0) is 0 Å². The maximum Gasteiger partial charge on any atom is 0.329 e. The largest absolute Gasteiger partial charge is 0.329 e. The van der Waals surface area contributed by atoms with Crippen LogP contribution in [0, 0.1) is 17.2 Å². The van der Waals surface area contributed by atoms with Gasteiger partial charge in [-0.2, -0.15) is 5.26 Å². The van der Waals surface area contributed by atoms with Crippen LogP contribution < -0.4 is 10.0 Å². The smallest absolute Gasteiger partial charge is 0.307 e. The molecule has 2 N–H and O–H groups in total. The van der Waals surface area contributed by atoms with Crippen molar-refractivity contribution < 1.29 is 4.79 Å². The predicted molar refractivity (Wildman–Crippen MR) is 82.3 cm³/mol. The van der Waals surface area contributed by atoms with Crippen LogP contribution in [0.1, 0.15) is 37.7 Å². The standard InChI is InChI=1S/C15H19N3OS/c16-10-12-6-8-14(9-7-12)17-15(19)18-20-11-13-4-2-1-3-5-13/h6-9,13H,1-5,11H2,(H2,17,18,19). The van der Waals surface area contributed by atoms with E-state index >= 15 is 0 Å². The number of benzene rings is 1. The number of carbonyl (C=O) groups is 1. The van der Waals surface area contributed by atoms with E-state index in [-0.39, 0.29) is 6.03 Å². The van der Waals surface area contributed by atoms with Gasteiger partial charge in [-0.05, 0) is 55.0 Å². The van der Waals surface area contributed by atoms with Crippen LogP contribution in [0.2, 0.25) is 0 Å². The second kappa shape index (κ2) is 7.81. The Morgan fingerprint density at radius 2 is 1.95 bits per heavy atom. The molecule has 0 radical (unpaired) electrons. The van der Waals surface area contributed by atoms with E-state index in [4.69, 9.17) is 5.26 Å². The van der Waals surface area contributed by atoms with E-state index in [0.717, 1.165) is 11.7 Å². The van der Waals surface area contributed by atoms with Crippen LogP contribution >= 0.6 is 11.9 Å². The van der Waals surface area contributed by atoms with E-state index in [0.29, 0.717) is 11.3 Å². The van der Waals surface area contributed by atoms with Crippen LogP contribution in [0.15, 0.2) is 24.3 Å². The first-order chi connectivity index (χ1) is 9.78. The average Bonchev–Trinajstić information content (AvgIpc) is 2.49. The molecule has 5 heteroatoms. The summed E-state index contributed by atoms with van der Waals surface area (Å²) in [6, 6.07) is 8.66. The first-order valence-electron chi connectivity index (χ1n) is 6.97. The summed E-state index contributed by atoms with van der Waals surface area (Å²) in [5.41, 5.74) is 1.28. The zero-order valence-electron chi connectivity index (χ0n) is 11.4. The molecule has 1 aliphatic carbocycles. The van der Waals surface area contributed by atoms with E-state index in [1.807, 2.05) is 6.07 Å². The Morgan fingerprint density at radius 3 is 2.60 bits per heavy atom. The number of anilines is 1. The zero-order chi connectivity index (χ0) is 14.2. The quantitative estimate of drug-likeness (QED) is 0.826. The second-order valence-electron chi connectivity index (χ2n) is 5.06. The summed E-state index contributed by atoms with van der Waals surface area (Å²) in [6.07, 6.45) is 6.57. The van der Waals surface area contributed by atoms with Crippen LogP contribution in [0.4, 0.5) is 10.5 Å². The Hall–Kier alpha value is -1.67. The Morgan fingerprint density at radius 1 is 1.25 bits per heavy atom. The third-order valence-electron chi connectivity index (χ3n) is 3.48. The molecule has 2 amide bonds. The molecule has 1 aromatic carbocycles. The van der Waals surface area contributed by atoms with Crippen LogP contribution in [-0.4, -0.2) is 11.8 Å². The first-order valence-corrected chi connectivity index (χ1v) is 7.95. The fourth-order valence-electron chi connectivity index (χ4n) is 2.36. The zero-order valence-corrected chi connectivity index (χ0v) is 12.2. The summed E-state index contributed by atoms with van der Waals surface area (Å²) in [6.45, 7) is 0. The van der Waals surface area contributed by atoms with Gasteiger partial charge in [-0.3, -0.25) is 4.72 Å². The molecule has 0 saturated heterocycles. The van der Waals surface area contributed by atoms with Gasteiger partial charge in [0.25, 0.3) is 0 Å². The SMILES string of the molecule is N#Cc1ccc(NC(=O)NSCC2CCCCC2)cc1. The minimum absolute atomic E-state index is 0.212. The average molecular weight is 289 g/mol. The van der Waals surface area contributed by atoms with E-state index in [9.17, 15) is 4.79 Å². The first kappa shape index (κ1) is 14.7. The molecule has 1 aromatic rings. The van der Waals surface area contributed by atoms with Crippen molar-refractivity contribution in [1.82, 2.24) is 4.72 Å². The van der Waals surface area contributed by atoms with Crippen molar-refractivity contribution in [2.24, 2.45) is 5.92 Å². The van der Waals surface area contributed by atoms with Gasteiger partial charge in [0.1, 0.15) is 0 Å². The lowest BCUT2D eigenvalue weighted by molar-refractivity contribution is 0.257. The van der Waals surface area contributed by atoms with Gasteiger partial charge in [-0.25, -0.2) is 4.79 Å². The Balaban J connectivity index is 1.68. The second-order valence-corrected chi connectivity index (χ2v) is 5.89. The molecular weight excluding hydrogens is 270 g/mol. The Kier molecular flexibility index (Phi) is 5.75. The lowest BCUT2D eigenvalue weighted by atomic mass is 9.91. The van der Waals surface area contributed by atoms with Crippen LogP contribution in [0.5, 0.6) is 0 Å². The van der Waals surface area contributed by atoms with Crippen molar-refractivity contribution in [3.63, 3.8) is 0 Å². The number of rotatable bonds is 4. The van der Waals surface area contributed by atoms with Gasteiger partial charge in [-0.15, -0.1) is 0 Å². The van der Waals surface area contributed by atoms with E-state index in [1.54, 1.807) is 24.3 Å². The van der Waals surface area contributed by atoms with Gasteiger partial charge >= 0.3 is 6.03 Å². The highest BCUT2D eigenvalue weighted by atomic mass is 32.2. The fourth-order valence-corrected chi connectivity index (χ4v) is 3.20. The molecule has 20 heavy (non-hydrogen) atoms. The van der Waals surface area contributed by atoms with Crippen molar-refractivity contribution in [2.45, 2.75) is 32.1 Å². The van der Waals surface area contributed by atoms with Gasteiger partial charge in [-0.1, -0.05) is 19.3 Å².